The van der Waals surface area contributed by atoms with Crippen molar-refractivity contribution in [2.45, 2.75) is 52.0 Å². The van der Waals surface area contributed by atoms with E-state index in [-0.39, 0.29) is 0 Å². The number of rotatable bonds is 6. The molecule has 1 aromatic heterocycles. The average molecular weight is 495 g/mol. The zero-order chi connectivity index (χ0) is 21.3. The molecule has 1 aliphatic rings. The highest BCUT2D eigenvalue weighted by Crippen LogP contribution is 2.41. The second-order valence-corrected chi connectivity index (χ2v) is 8.90. The maximum atomic E-state index is 12.6. The van der Waals surface area contributed by atoms with Gasteiger partial charge in [0.25, 0.3) is 0 Å². The Morgan fingerprint density at radius 1 is 1.17 bits per heavy atom. The van der Waals surface area contributed by atoms with Crippen LogP contribution in [0.4, 0.5) is 16.0 Å². The van der Waals surface area contributed by atoms with Crippen molar-refractivity contribution >= 4 is 50.2 Å². The van der Waals surface area contributed by atoms with E-state index >= 15 is 0 Å². The lowest BCUT2D eigenvalue weighted by atomic mass is 9.93. The van der Waals surface area contributed by atoms with E-state index in [1.807, 2.05) is 12.1 Å². The van der Waals surface area contributed by atoms with Crippen molar-refractivity contribution in [1.29, 1.82) is 0 Å². The third kappa shape index (κ3) is 3.80. The number of anilines is 2. The molecule has 0 spiro atoms. The first-order valence-electron chi connectivity index (χ1n) is 10.5. The van der Waals surface area contributed by atoms with Crippen LogP contribution in [0.1, 0.15) is 51.0 Å². The molecule has 0 saturated heterocycles. The molecule has 0 bridgehead atoms. The molecule has 0 amide bonds. The molecule has 0 N–H and O–H groups in total. The van der Waals surface area contributed by atoms with Crippen LogP contribution in [0.15, 0.2) is 34.8 Å². The van der Waals surface area contributed by atoms with Crippen LogP contribution in [0.2, 0.25) is 5.02 Å². The van der Waals surface area contributed by atoms with Crippen LogP contribution in [0.25, 0.3) is 11.0 Å². The van der Waals surface area contributed by atoms with Gasteiger partial charge in [-0.1, -0.05) is 31.5 Å². The van der Waals surface area contributed by atoms with Crippen molar-refractivity contribution in [3.8, 4) is 5.75 Å². The van der Waals surface area contributed by atoms with Gasteiger partial charge in [0.1, 0.15) is 11.3 Å². The molecular formula is C23H26BrClFN3O. The van der Waals surface area contributed by atoms with E-state index in [4.69, 9.17) is 21.3 Å². The Kier molecular flexibility index (Phi) is 6.54. The molecule has 0 radical (unpaired) electrons. The van der Waals surface area contributed by atoms with Gasteiger partial charge in [-0.2, -0.15) is 0 Å². The number of imidazole rings is 1. The van der Waals surface area contributed by atoms with Crippen LogP contribution in [0.5, 0.6) is 5.75 Å². The Bertz CT molecular complexity index is 1050. The van der Waals surface area contributed by atoms with Crippen LogP contribution < -0.4 is 9.64 Å². The summed E-state index contributed by atoms with van der Waals surface area (Å²) in [6.45, 7) is 5.39. The standard InChI is InChI=1S/C23H26BrClFN3O/c1-3-15(4-2)17-8-9-19(25)21-22(17)29-12-6-5-11-28(23(29)27-21)20-10-7-16(30-14-26)13-18(20)24/h7-10,13,15H,3-6,11-12,14H2,1-2H3. The van der Waals surface area contributed by atoms with Crippen molar-refractivity contribution in [3.05, 3.63) is 45.4 Å². The highest BCUT2D eigenvalue weighted by Gasteiger charge is 2.26. The molecule has 7 heteroatoms. The smallest absolute Gasteiger partial charge is 0.228 e. The summed E-state index contributed by atoms with van der Waals surface area (Å²) in [7, 11) is 0. The van der Waals surface area contributed by atoms with Gasteiger partial charge >= 0.3 is 0 Å². The lowest BCUT2D eigenvalue weighted by Gasteiger charge is -2.24. The number of nitrogens with zero attached hydrogens (tertiary/aromatic N) is 3. The predicted octanol–water partition coefficient (Wildman–Crippen LogP) is 7.59. The van der Waals surface area contributed by atoms with Gasteiger partial charge in [0.05, 0.1) is 16.2 Å². The molecule has 0 fully saturated rings. The fraction of sp³-hybridized carbons (Fsp3) is 0.435. The van der Waals surface area contributed by atoms with Gasteiger partial charge in [-0.15, -0.1) is 0 Å². The van der Waals surface area contributed by atoms with Gasteiger partial charge in [-0.05, 0) is 77.4 Å². The average Bonchev–Trinajstić information content (AvgIpc) is 3.00. The highest BCUT2D eigenvalue weighted by molar-refractivity contribution is 9.10. The van der Waals surface area contributed by atoms with Crippen LogP contribution >= 0.6 is 27.5 Å². The molecular weight excluding hydrogens is 469 g/mol. The quantitative estimate of drug-likeness (QED) is 0.353. The zero-order valence-electron chi connectivity index (χ0n) is 17.3. The fourth-order valence-corrected chi connectivity index (χ4v) is 5.19. The summed E-state index contributed by atoms with van der Waals surface area (Å²) in [5, 5.41) is 0.686. The number of hydrogen-bond acceptors (Lipinski definition) is 3. The fourth-order valence-electron chi connectivity index (χ4n) is 4.42. The molecule has 0 atom stereocenters. The molecule has 0 aliphatic carbocycles. The van der Waals surface area contributed by atoms with Gasteiger partial charge in [0.2, 0.25) is 12.8 Å². The minimum atomic E-state index is -0.845. The van der Waals surface area contributed by atoms with E-state index in [1.165, 1.54) is 5.56 Å². The van der Waals surface area contributed by atoms with E-state index in [9.17, 15) is 4.39 Å². The maximum Gasteiger partial charge on any atom is 0.228 e. The number of aryl methyl sites for hydroxylation is 1. The third-order valence-electron chi connectivity index (χ3n) is 5.97. The largest absolute Gasteiger partial charge is 0.463 e. The van der Waals surface area contributed by atoms with E-state index in [0.29, 0.717) is 16.7 Å². The second-order valence-electron chi connectivity index (χ2n) is 7.64. The van der Waals surface area contributed by atoms with Crippen LogP contribution in [0, 0.1) is 0 Å². The molecule has 4 nitrogen and oxygen atoms in total. The summed E-state index contributed by atoms with van der Waals surface area (Å²) >= 11 is 10.2. The van der Waals surface area contributed by atoms with Gasteiger partial charge in [0.15, 0.2) is 0 Å². The molecule has 4 rings (SSSR count). The van der Waals surface area contributed by atoms with E-state index in [2.05, 4.69) is 45.3 Å². The minimum Gasteiger partial charge on any atom is -0.463 e. The lowest BCUT2D eigenvalue weighted by Crippen LogP contribution is -2.20. The molecule has 160 valence electrons. The summed E-state index contributed by atoms with van der Waals surface area (Å²) in [5.74, 6) is 1.88. The first-order chi connectivity index (χ1) is 14.6. The lowest BCUT2D eigenvalue weighted by molar-refractivity contribution is 0.191. The van der Waals surface area contributed by atoms with Gasteiger partial charge in [0, 0.05) is 17.6 Å². The summed E-state index contributed by atoms with van der Waals surface area (Å²) in [5.41, 5.74) is 4.34. The monoisotopic (exact) mass is 493 g/mol. The zero-order valence-corrected chi connectivity index (χ0v) is 19.6. The number of benzene rings is 2. The first kappa shape index (κ1) is 21.4. The Morgan fingerprint density at radius 3 is 2.63 bits per heavy atom. The van der Waals surface area contributed by atoms with Gasteiger partial charge in [-0.3, -0.25) is 0 Å². The molecule has 2 aromatic carbocycles. The Balaban J connectivity index is 1.89. The molecule has 0 saturated carbocycles. The van der Waals surface area contributed by atoms with E-state index < -0.39 is 6.86 Å². The molecule has 2 heterocycles. The Morgan fingerprint density at radius 2 is 1.93 bits per heavy atom. The van der Waals surface area contributed by atoms with Crippen LogP contribution in [0.3, 0.4) is 0 Å². The number of aromatic nitrogens is 2. The van der Waals surface area contributed by atoms with Crippen molar-refractivity contribution in [2.75, 3.05) is 18.3 Å². The topological polar surface area (TPSA) is 30.3 Å². The number of alkyl halides is 1. The summed E-state index contributed by atoms with van der Waals surface area (Å²) < 4.78 is 20.7. The van der Waals surface area contributed by atoms with Crippen LogP contribution in [-0.4, -0.2) is 23.0 Å². The van der Waals surface area contributed by atoms with Crippen LogP contribution in [-0.2, 0) is 6.54 Å². The number of ether oxygens (including phenoxy) is 1. The summed E-state index contributed by atoms with van der Waals surface area (Å²) in [6, 6.07) is 9.70. The predicted molar refractivity (Wildman–Crippen MR) is 125 cm³/mol. The Hall–Kier alpha value is -1.79. The molecule has 1 aliphatic heterocycles. The third-order valence-corrected chi connectivity index (χ3v) is 6.91. The Labute approximate surface area is 190 Å². The summed E-state index contributed by atoms with van der Waals surface area (Å²) in [6.07, 6.45) is 4.30. The normalized spacial score (nSPS) is 14.3. The van der Waals surface area contributed by atoms with Gasteiger partial charge < -0.3 is 14.2 Å². The van der Waals surface area contributed by atoms with Crippen molar-refractivity contribution in [2.24, 2.45) is 0 Å². The SMILES string of the molecule is CCC(CC)c1ccc(Cl)c2nc3n(c12)CCCCN3c1ccc(OCF)cc1Br. The van der Waals surface area contributed by atoms with E-state index in [0.717, 1.165) is 65.9 Å². The first-order valence-corrected chi connectivity index (χ1v) is 11.7. The summed E-state index contributed by atoms with van der Waals surface area (Å²) in [4.78, 5) is 7.25. The number of halogens is 3. The highest BCUT2D eigenvalue weighted by atomic mass is 79.9. The van der Waals surface area contributed by atoms with E-state index in [1.54, 1.807) is 12.1 Å². The van der Waals surface area contributed by atoms with Crippen molar-refractivity contribution in [1.82, 2.24) is 9.55 Å². The molecule has 3 aromatic rings. The number of fused-ring (bicyclic) bond motifs is 3. The van der Waals surface area contributed by atoms with Crippen molar-refractivity contribution < 1.29 is 9.13 Å². The minimum absolute atomic E-state index is 0.478. The van der Waals surface area contributed by atoms with Gasteiger partial charge in [-0.25, -0.2) is 9.37 Å². The maximum absolute atomic E-state index is 12.6. The number of hydrogen-bond donors (Lipinski definition) is 0. The molecule has 30 heavy (non-hydrogen) atoms. The second kappa shape index (κ2) is 9.15. The van der Waals surface area contributed by atoms with Crippen molar-refractivity contribution in [3.63, 3.8) is 0 Å². The molecule has 0 unspecified atom stereocenters.